The Bertz CT molecular complexity index is 631. The Morgan fingerprint density at radius 1 is 1.43 bits per heavy atom. The molecule has 21 heavy (non-hydrogen) atoms. The van der Waals surface area contributed by atoms with Gasteiger partial charge >= 0.3 is 5.69 Å². The van der Waals surface area contributed by atoms with Crippen LogP contribution in [0, 0.1) is 15.9 Å². The highest BCUT2D eigenvalue weighted by Crippen LogP contribution is 2.26. The average Bonchev–Trinajstić information content (AvgIpc) is 2.36. The number of sulfonamides is 1. The first-order valence-electron chi connectivity index (χ1n) is 6.17. The van der Waals surface area contributed by atoms with E-state index in [0.29, 0.717) is 6.61 Å². The molecule has 0 aliphatic rings. The highest BCUT2D eigenvalue weighted by atomic mass is 32.2. The van der Waals surface area contributed by atoms with Gasteiger partial charge in [-0.05, 0) is 32.9 Å². The molecule has 0 unspecified atom stereocenters. The van der Waals surface area contributed by atoms with Crippen LogP contribution in [-0.4, -0.2) is 32.1 Å². The Hall–Kier alpha value is -1.58. The molecule has 0 spiro atoms. The summed E-state index contributed by atoms with van der Waals surface area (Å²) in [7, 11) is -4.22. The third-order valence-electron chi connectivity index (χ3n) is 2.64. The number of nitrogens with one attached hydrogen (secondary N) is 1. The lowest BCUT2D eigenvalue weighted by Gasteiger charge is -2.24. The van der Waals surface area contributed by atoms with E-state index in [0.717, 1.165) is 18.2 Å². The number of rotatable bonds is 7. The summed E-state index contributed by atoms with van der Waals surface area (Å²) < 4.78 is 45.2. The van der Waals surface area contributed by atoms with Crippen LogP contribution in [-0.2, 0) is 14.8 Å². The number of hydrogen-bond donors (Lipinski definition) is 1. The zero-order valence-electron chi connectivity index (χ0n) is 11.9. The van der Waals surface area contributed by atoms with E-state index in [9.17, 15) is 22.9 Å². The third-order valence-corrected chi connectivity index (χ3v) is 4.08. The second kappa shape index (κ2) is 6.46. The second-order valence-corrected chi connectivity index (χ2v) is 6.60. The lowest BCUT2D eigenvalue weighted by atomic mass is 10.1. The molecule has 0 aliphatic heterocycles. The van der Waals surface area contributed by atoms with Crippen LogP contribution in [0.15, 0.2) is 23.1 Å². The first kappa shape index (κ1) is 17.5. The predicted octanol–water partition coefficient (Wildman–Crippen LogP) is 1.83. The number of para-hydroxylation sites is 1. The van der Waals surface area contributed by atoms with Crippen molar-refractivity contribution in [2.24, 2.45) is 0 Å². The summed E-state index contributed by atoms with van der Waals surface area (Å²) in [5, 5.41) is 10.8. The van der Waals surface area contributed by atoms with Crippen molar-refractivity contribution in [3.8, 4) is 0 Å². The van der Waals surface area contributed by atoms with Crippen molar-refractivity contribution >= 4 is 15.7 Å². The fourth-order valence-corrected chi connectivity index (χ4v) is 3.06. The standard InChI is InChI=1S/C12H17FN2O5S/c1-4-20-12(2,3)8-14-21(18,19)10-7-5-6-9(13)11(10)15(16)17/h5-7,14H,4,8H2,1-3H3. The van der Waals surface area contributed by atoms with Gasteiger partial charge in [0.15, 0.2) is 4.90 Å². The number of halogens is 1. The van der Waals surface area contributed by atoms with Gasteiger partial charge in [0.05, 0.1) is 10.5 Å². The predicted molar refractivity (Wildman–Crippen MR) is 73.9 cm³/mol. The number of ether oxygens (including phenoxy) is 1. The van der Waals surface area contributed by atoms with E-state index in [2.05, 4.69) is 4.72 Å². The van der Waals surface area contributed by atoms with Crippen LogP contribution < -0.4 is 4.72 Å². The summed E-state index contributed by atoms with van der Waals surface area (Å²) in [6.45, 7) is 5.37. The summed E-state index contributed by atoms with van der Waals surface area (Å²) in [5.74, 6) is -1.20. The van der Waals surface area contributed by atoms with Gasteiger partial charge in [0.25, 0.3) is 0 Å². The monoisotopic (exact) mass is 320 g/mol. The van der Waals surface area contributed by atoms with Crippen LogP contribution in [0.4, 0.5) is 10.1 Å². The van der Waals surface area contributed by atoms with Gasteiger partial charge in [0, 0.05) is 13.2 Å². The molecule has 0 fully saturated rings. The van der Waals surface area contributed by atoms with Crippen molar-refractivity contribution in [3.63, 3.8) is 0 Å². The molecule has 1 aromatic carbocycles. The van der Waals surface area contributed by atoms with E-state index in [1.807, 2.05) is 0 Å². The quantitative estimate of drug-likeness (QED) is 0.610. The molecular formula is C12H17FN2O5S. The number of nitrogens with zero attached hydrogens (tertiary/aromatic N) is 1. The number of nitro groups is 1. The van der Waals surface area contributed by atoms with Crippen molar-refractivity contribution in [3.05, 3.63) is 34.1 Å². The molecule has 0 heterocycles. The zero-order chi connectivity index (χ0) is 16.3. The van der Waals surface area contributed by atoms with Gasteiger partial charge in [-0.15, -0.1) is 0 Å². The molecule has 0 saturated heterocycles. The van der Waals surface area contributed by atoms with Gasteiger partial charge in [-0.2, -0.15) is 4.39 Å². The zero-order valence-corrected chi connectivity index (χ0v) is 12.7. The molecule has 0 aliphatic carbocycles. The minimum absolute atomic E-state index is 0.100. The number of benzene rings is 1. The largest absolute Gasteiger partial charge is 0.375 e. The summed E-state index contributed by atoms with van der Waals surface area (Å²) in [4.78, 5) is 9.08. The van der Waals surface area contributed by atoms with Crippen molar-refractivity contribution in [1.82, 2.24) is 4.72 Å². The maximum Gasteiger partial charge on any atom is 0.324 e. The topological polar surface area (TPSA) is 98.5 Å². The summed E-state index contributed by atoms with van der Waals surface area (Å²) in [5.41, 5.74) is -1.86. The number of nitro benzene ring substituents is 1. The van der Waals surface area contributed by atoms with Crippen molar-refractivity contribution in [2.75, 3.05) is 13.2 Å². The molecule has 9 heteroatoms. The van der Waals surface area contributed by atoms with E-state index in [4.69, 9.17) is 4.74 Å². The SMILES string of the molecule is CCOC(C)(C)CNS(=O)(=O)c1cccc(F)c1[N+](=O)[O-]. The molecule has 0 atom stereocenters. The highest BCUT2D eigenvalue weighted by molar-refractivity contribution is 7.89. The molecule has 7 nitrogen and oxygen atoms in total. The van der Waals surface area contributed by atoms with Crippen LogP contribution in [0.3, 0.4) is 0 Å². The summed E-state index contributed by atoms with van der Waals surface area (Å²) in [6.07, 6.45) is 0. The van der Waals surface area contributed by atoms with Gasteiger partial charge in [0.1, 0.15) is 0 Å². The Kier molecular flexibility index (Phi) is 5.37. The highest BCUT2D eigenvalue weighted by Gasteiger charge is 2.31. The first-order valence-corrected chi connectivity index (χ1v) is 7.65. The fourth-order valence-electron chi connectivity index (χ4n) is 1.68. The number of hydrogen-bond acceptors (Lipinski definition) is 5. The van der Waals surface area contributed by atoms with Crippen molar-refractivity contribution < 1.29 is 22.5 Å². The summed E-state index contributed by atoms with van der Waals surface area (Å²) in [6, 6.07) is 2.92. The van der Waals surface area contributed by atoms with Crippen LogP contribution in [0.25, 0.3) is 0 Å². The molecule has 0 amide bonds. The fraction of sp³-hybridized carbons (Fsp3) is 0.500. The smallest absolute Gasteiger partial charge is 0.324 e. The Morgan fingerprint density at radius 3 is 2.57 bits per heavy atom. The average molecular weight is 320 g/mol. The molecule has 1 N–H and O–H groups in total. The molecular weight excluding hydrogens is 303 g/mol. The molecule has 1 rings (SSSR count). The van der Waals surface area contributed by atoms with Crippen LogP contribution >= 0.6 is 0 Å². The van der Waals surface area contributed by atoms with Gasteiger partial charge in [-0.3, -0.25) is 10.1 Å². The second-order valence-electron chi connectivity index (χ2n) is 4.86. The minimum Gasteiger partial charge on any atom is -0.375 e. The van der Waals surface area contributed by atoms with E-state index < -0.39 is 36.9 Å². The van der Waals surface area contributed by atoms with Crippen LogP contribution in [0.1, 0.15) is 20.8 Å². The van der Waals surface area contributed by atoms with Crippen molar-refractivity contribution in [2.45, 2.75) is 31.3 Å². The molecule has 1 aromatic rings. The molecule has 0 saturated carbocycles. The van der Waals surface area contributed by atoms with Crippen LogP contribution in [0.5, 0.6) is 0 Å². The van der Waals surface area contributed by atoms with Gasteiger partial charge < -0.3 is 4.74 Å². The van der Waals surface area contributed by atoms with Crippen LogP contribution in [0.2, 0.25) is 0 Å². The normalized spacial score (nSPS) is 12.4. The van der Waals surface area contributed by atoms with Gasteiger partial charge in [0.2, 0.25) is 15.8 Å². The molecule has 0 bridgehead atoms. The lowest BCUT2D eigenvalue weighted by molar-refractivity contribution is -0.390. The Balaban J connectivity index is 3.10. The Labute approximate surface area is 122 Å². The van der Waals surface area contributed by atoms with Crippen molar-refractivity contribution in [1.29, 1.82) is 0 Å². The van der Waals surface area contributed by atoms with E-state index in [-0.39, 0.29) is 6.54 Å². The maximum absolute atomic E-state index is 13.5. The summed E-state index contributed by atoms with van der Waals surface area (Å²) >= 11 is 0. The van der Waals surface area contributed by atoms with Gasteiger partial charge in [-0.1, -0.05) is 6.07 Å². The molecule has 0 radical (unpaired) electrons. The van der Waals surface area contributed by atoms with E-state index >= 15 is 0 Å². The minimum atomic E-state index is -4.22. The van der Waals surface area contributed by atoms with Gasteiger partial charge in [-0.25, -0.2) is 13.1 Å². The first-order chi connectivity index (χ1) is 9.60. The molecule has 0 aromatic heterocycles. The van der Waals surface area contributed by atoms with E-state index in [1.165, 1.54) is 0 Å². The maximum atomic E-state index is 13.5. The molecule has 118 valence electrons. The van der Waals surface area contributed by atoms with E-state index in [1.54, 1.807) is 20.8 Å². The lowest BCUT2D eigenvalue weighted by Crippen LogP contribution is -2.40. The third kappa shape index (κ3) is 4.45. The Morgan fingerprint density at radius 2 is 2.05 bits per heavy atom.